The van der Waals surface area contributed by atoms with Gasteiger partial charge in [0.05, 0.1) is 0 Å². The summed E-state index contributed by atoms with van der Waals surface area (Å²) in [5.74, 6) is 0.478. The van der Waals surface area contributed by atoms with Gasteiger partial charge in [-0.15, -0.1) is 0 Å². The predicted octanol–water partition coefficient (Wildman–Crippen LogP) is 8.69. The molecule has 0 amide bonds. The van der Waals surface area contributed by atoms with Gasteiger partial charge in [0.25, 0.3) is 0 Å². The number of phenolic OH excluding ortho intramolecular Hbond substituents is 4. The Bertz CT molecular complexity index is 1270. The molecule has 0 bridgehead atoms. The van der Waals surface area contributed by atoms with Crippen molar-refractivity contribution in [3.05, 3.63) is 143 Å². The lowest BCUT2D eigenvalue weighted by Gasteiger charge is -1.99. The highest BCUT2D eigenvalue weighted by molar-refractivity contribution is 5.62. The summed E-state index contributed by atoms with van der Waals surface area (Å²) >= 11 is 0. The Morgan fingerprint density at radius 3 is 1.21 bits per heavy atom. The fraction of sp³-hybridized carbons (Fsp3) is 0.118. The number of hydrogen-bond donors (Lipinski definition) is 4. The lowest BCUT2D eigenvalue weighted by atomic mass is 10.1. The van der Waals surface area contributed by atoms with E-state index in [1.165, 1.54) is 36.4 Å². The zero-order valence-corrected chi connectivity index (χ0v) is 22.3. The fourth-order valence-electron chi connectivity index (χ4n) is 3.13. The number of aromatic hydroxyl groups is 4. The second-order valence-electron chi connectivity index (χ2n) is 8.90. The topological polar surface area (TPSA) is 80.9 Å². The molecule has 0 fully saturated rings. The van der Waals surface area contributed by atoms with Gasteiger partial charge in [0.1, 0.15) is 23.0 Å². The minimum absolute atomic E-state index is 0.114. The van der Waals surface area contributed by atoms with Gasteiger partial charge >= 0.3 is 0 Å². The minimum Gasteiger partial charge on any atom is -0.508 e. The van der Waals surface area contributed by atoms with Gasteiger partial charge in [-0.2, -0.15) is 0 Å². The number of hydrogen-bond acceptors (Lipinski definition) is 4. The van der Waals surface area contributed by atoms with E-state index in [0.717, 1.165) is 22.3 Å². The Morgan fingerprint density at radius 1 is 0.474 bits per heavy atom. The van der Waals surface area contributed by atoms with Crippen LogP contribution >= 0.6 is 0 Å². The van der Waals surface area contributed by atoms with E-state index < -0.39 is 0 Å². The SMILES string of the molecule is CC(C=CC=C(C)C=Cc1cc(O)ccc1O)=CC=CC=C(C)C=CC=C(C)C=Cc1cc(O)ccc1O. The molecule has 0 aliphatic rings. The van der Waals surface area contributed by atoms with Gasteiger partial charge in [-0.1, -0.05) is 107 Å². The number of allylic oxidation sites excluding steroid dienone is 16. The van der Waals surface area contributed by atoms with Crippen LogP contribution in [0, 0.1) is 0 Å². The van der Waals surface area contributed by atoms with Gasteiger partial charge in [0, 0.05) is 11.1 Å². The van der Waals surface area contributed by atoms with Crippen molar-refractivity contribution in [1.29, 1.82) is 0 Å². The third-order valence-electron chi connectivity index (χ3n) is 5.34. The van der Waals surface area contributed by atoms with E-state index in [-0.39, 0.29) is 23.0 Å². The van der Waals surface area contributed by atoms with Gasteiger partial charge in [0.15, 0.2) is 0 Å². The zero-order valence-electron chi connectivity index (χ0n) is 22.3. The van der Waals surface area contributed by atoms with E-state index in [1.807, 2.05) is 101 Å². The van der Waals surface area contributed by atoms with Crippen LogP contribution in [0.25, 0.3) is 12.2 Å². The zero-order chi connectivity index (χ0) is 27.9. The summed E-state index contributed by atoms with van der Waals surface area (Å²) in [5.41, 5.74) is 5.35. The van der Waals surface area contributed by atoms with Gasteiger partial charge in [0.2, 0.25) is 0 Å². The van der Waals surface area contributed by atoms with Crippen molar-refractivity contribution >= 4 is 12.2 Å². The van der Waals surface area contributed by atoms with E-state index in [2.05, 4.69) is 0 Å². The van der Waals surface area contributed by atoms with Gasteiger partial charge < -0.3 is 20.4 Å². The molecular weight excluding hydrogens is 472 g/mol. The van der Waals surface area contributed by atoms with Crippen LogP contribution in [0.15, 0.2) is 132 Å². The summed E-state index contributed by atoms with van der Waals surface area (Å²) in [7, 11) is 0. The van der Waals surface area contributed by atoms with Crippen LogP contribution in [0.2, 0.25) is 0 Å². The van der Waals surface area contributed by atoms with E-state index in [1.54, 1.807) is 12.2 Å². The first-order valence-corrected chi connectivity index (χ1v) is 12.3. The van der Waals surface area contributed by atoms with E-state index >= 15 is 0 Å². The van der Waals surface area contributed by atoms with Crippen molar-refractivity contribution in [2.24, 2.45) is 0 Å². The molecule has 0 atom stereocenters. The Morgan fingerprint density at radius 2 is 0.816 bits per heavy atom. The molecule has 0 aliphatic heterocycles. The number of rotatable bonds is 10. The maximum Gasteiger partial charge on any atom is 0.123 e. The number of phenols is 4. The van der Waals surface area contributed by atoms with Gasteiger partial charge in [-0.05, 0) is 64.1 Å². The lowest BCUT2D eigenvalue weighted by molar-refractivity contribution is 0.459. The van der Waals surface area contributed by atoms with Crippen LogP contribution in [-0.2, 0) is 0 Å². The Kier molecular flexibility index (Phi) is 12.0. The first-order chi connectivity index (χ1) is 18.1. The van der Waals surface area contributed by atoms with Gasteiger partial charge in [-0.3, -0.25) is 0 Å². The summed E-state index contributed by atoms with van der Waals surface area (Å²) < 4.78 is 0. The molecule has 0 aliphatic carbocycles. The highest BCUT2D eigenvalue weighted by atomic mass is 16.3. The van der Waals surface area contributed by atoms with Crippen molar-refractivity contribution in [2.45, 2.75) is 27.7 Å². The third kappa shape index (κ3) is 11.4. The molecule has 2 rings (SSSR count). The van der Waals surface area contributed by atoms with Crippen LogP contribution in [0.4, 0.5) is 0 Å². The predicted molar refractivity (Wildman–Crippen MR) is 160 cm³/mol. The molecule has 2 aromatic rings. The first kappa shape index (κ1) is 29.5. The smallest absolute Gasteiger partial charge is 0.123 e. The van der Waals surface area contributed by atoms with Crippen molar-refractivity contribution in [1.82, 2.24) is 0 Å². The molecule has 4 N–H and O–H groups in total. The Labute approximate surface area is 225 Å². The molecule has 0 saturated carbocycles. The van der Waals surface area contributed by atoms with Crippen molar-refractivity contribution in [3.8, 4) is 23.0 Å². The van der Waals surface area contributed by atoms with E-state index in [4.69, 9.17) is 0 Å². The molecule has 0 radical (unpaired) electrons. The molecule has 0 unspecified atom stereocenters. The van der Waals surface area contributed by atoms with Crippen LogP contribution < -0.4 is 0 Å². The Hall–Kier alpha value is -4.70. The average molecular weight is 509 g/mol. The molecule has 2 aromatic carbocycles. The third-order valence-corrected chi connectivity index (χ3v) is 5.34. The molecule has 196 valence electrons. The summed E-state index contributed by atoms with van der Waals surface area (Å²) in [6, 6.07) is 8.86. The molecule has 0 heterocycles. The summed E-state index contributed by atoms with van der Waals surface area (Å²) in [6.07, 6.45) is 27.2. The number of benzene rings is 2. The maximum atomic E-state index is 9.83. The molecular formula is C34H36O4. The molecule has 0 saturated heterocycles. The summed E-state index contributed by atoms with van der Waals surface area (Å²) in [4.78, 5) is 0. The van der Waals surface area contributed by atoms with Crippen LogP contribution in [0.1, 0.15) is 38.8 Å². The fourth-order valence-corrected chi connectivity index (χ4v) is 3.13. The Balaban J connectivity index is 1.87. The second-order valence-corrected chi connectivity index (χ2v) is 8.90. The second kappa shape index (κ2) is 15.4. The van der Waals surface area contributed by atoms with Crippen molar-refractivity contribution in [3.63, 3.8) is 0 Å². The van der Waals surface area contributed by atoms with E-state index in [0.29, 0.717) is 11.1 Å². The van der Waals surface area contributed by atoms with Crippen molar-refractivity contribution in [2.75, 3.05) is 0 Å². The largest absolute Gasteiger partial charge is 0.508 e. The average Bonchev–Trinajstić information content (AvgIpc) is 2.87. The standard InChI is InChI=1S/C34H36O4/c1-25(11-7-13-27(3)15-17-29-23-31(35)19-21-33(29)37)9-5-6-10-26(2)12-8-14-28(4)16-18-30-24-32(36)20-22-34(30)38/h5-24,35-38H,1-4H3. The molecule has 0 aromatic heterocycles. The highest BCUT2D eigenvalue weighted by Gasteiger charge is 1.99. The molecule has 4 nitrogen and oxygen atoms in total. The summed E-state index contributed by atoms with van der Waals surface area (Å²) in [5, 5.41) is 38.7. The van der Waals surface area contributed by atoms with E-state index in [9.17, 15) is 20.4 Å². The molecule has 38 heavy (non-hydrogen) atoms. The highest BCUT2D eigenvalue weighted by Crippen LogP contribution is 2.24. The van der Waals surface area contributed by atoms with Gasteiger partial charge in [-0.25, -0.2) is 0 Å². The maximum absolute atomic E-state index is 9.83. The summed E-state index contributed by atoms with van der Waals surface area (Å²) in [6.45, 7) is 7.98. The molecule has 0 spiro atoms. The van der Waals surface area contributed by atoms with Crippen LogP contribution in [0.5, 0.6) is 23.0 Å². The van der Waals surface area contributed by atoms with Crippen LogP contribution in [-0.4, -0.2) is 20.4 Å². The minimum atomic E-state index is 0.114. The van der Waals surface area contributed by atoms with Crippen molar-refractivity contribution < 1.29 is 20.4 Å². The normalized spacial score (nSPS) is 14.3. The lowest BCUT2D eigenvalue weighted by Crippen LogP contribution is -1.75. The first-order valence-electron chi connectivity index (χ1n) is 12.3. The quantitative estimate of drug-likeness (QED) is 0.191. The monoisotopic (exact) mass is 508 g/mol. The van der Waals surface area contributed by atoms with Crippen LogP contribution in [0.3, 0.4) is 0 Å². The molecule has 4 heteroatoms.